The fourth-order valence-corrected chi connectivity index (χ4v) is 4.08. The van der Waals surface area contributed by atoms with Gasteiger partial charge in [0.25, 0.3) is 17.5 Å². The number of amides is 2. The summed E-state index contributed by atoms with van der Waals surface area (Å²) < 4.78 is 10.8. The summed E-state index contributed by atoms with van der Waals surface area (Å²) in [5.41, 5.74) is 0.860. The Balaban J connectivity index is 1.46. The summed E-state index contributed by atoms with van der Waals surface area (Å²) in [6.45, 7) is 2.40. The predicted octanol–water partition coefficient (Wildman–Crippen LogP) is 4.27. The fourth-order valence-electron chi connectivity index (χ4n) is 4.08. The summed E-state index contributed by atoms with van der Waals surface area (Å²) in [4.78, 5) is 51.2. The van der Waals surface area contributed by atoms with Crippen molar-refractivity contribution in [1.82, 2.24) is 4.90 Å². The number of likely N-dealkylation sites (tertiary alicyclic amines) is 1. The van der Waals surface area contributed by atoms with E-state index in [9.17, 15) is 24.5 Å². The number of nitro benzene ring substituents is 1. The molecule has 1 fully saturated rings. The van der Waals surface area contributed by atoms with Crippen LogP contribution in [0.25, 0.3) is 0 Å². The third-order valence-corrected chi connectivity index (χ3v) is 6.03. The SMILES string of the molecule is Cc1ccc(NC(=O)C(OC(=O)C2CCN(C(=O)c3ccco3)CC2)c2ccccc2)c([N+](=O)[O-])c1. The molecule has 2 amide bonds. The lowest BCUT2D eigenvalue weighted by Gasteiger charge is -2.31. The molecule has 3 aromatic rings. The largest absolute Gasteiger partial charge is 0.459 e. The van der Waals surface area contributed by atoms with Crippen LogP contribution in [0.3, 0.4) is 0 Å². The molecule has 0 spiro atoms. The van der Waals surface area contributed by atoms with Gasteiger partial charge < -0.3 is 19.4 Å². The Bertz CT molecular complexity index is 1250. The number of anilines is 1. The summed E-state index contributed by atoms with van der Waals surface area (Å²) in [6.07, 6.45) is 0.870. The minimum absolute atomic E-state index is 0.0114. The minimum atomic E-state index is -1.30. The highest BCUT2D eigenvalue weighted by Crippen LogP contribution is 2.29. The molecule has 4 rings (SSSR count). The quantitative estimate of drug-likeness (QED) is 0.296. The van der Waals surface area contributed by atoms with Crippen molar-refractivity contribution in [2.24, 2.45) is 5.92 Å². The van der Waals surface area contributed by atoms with Gasteiger partial charge >= 0.3 is 5.97 Å². The second-order valence-corrected chi connectivity index (χ2v) is 8.54. The van der Waals surface area contributed by atoms with Crippen molar-refractivity contribution in [2.45, 2.75) is 25.9 Å². The number of nitro groups is 1. The maximum absolute atomic E-state index is 13.2. The van der Waals surface area contributed by atoms with Crippen LogP contribution in [0.4, 0.5) is 11.4 Å². The fraction of sp³-hybridized carbons (Fsp3) is 0.269. The molecule has 0 aliphatic carbocycles. The molecule has 2 heterocycles. The van der Waals surface area contributed by atoms with Gasteiger partial charge in [-0.2, -0.15) is 0 Å². The van der Waals surface area contributed by atoms with Crippen molar-refractivity contribution < 1.29 is 28.5 Å². The summed E-state index contributed by atoms with van der Waals surface area (Å²) >= 11 is 0. The molecule has 1 unspecified atom stereocenters. The van der Waals surface area contributed by atoms with Crippen LogP contribution in [0.1, 0.15) is 40.6 Å². The molecule has 1 aliphatic rings. The Morgan fingerprint density at radius 1 is 1.08 bits per heavy atom. The van der Waals surface area contributed by atoms with Crippen molar-refractivity contribution in [3.05, 3.63) is 93.9 Å². The maximum Gasteiger partial charge on any atom is 0.310 e. The molecule has 0 radical (unpaired) electrons. The number of piperidine rings is 1. The third-order valence-electron chi connectivity index (χ3n) is 6.03. The number of furan rings is 1. The Labute approximate surface area is 207 Å². The molecule has 186 valence electrons. The van der Waals surface area contributed by atoms with E-state index < -0.39 is 28.8 Å². The number of nitrogens with one attached hydrogen (secondary N) is 1. The number of ether oxygens (including phenoxy) is 1. The van der Waals surface area contributed by atoms with E-state index in [2.05, 4.69) is 5.32 Å². The third kappa shape index (κ3) is 5.60. The lowest BCUT2D eigenvalue weighted by atomic mass is 9.96. The molecular weight excluding hydrogens is 466 g/mol. The van der Waals surface area contributed by atoms with E-state index in [1.807, 2.05) is 0 Å². The van der Waals surface area contributed by atoms with Crippen molar-refractivity contribution in [3.63, 3.8) is 0 Å². The molecule has 1 aliphatic heterocycles. The van der Waals surface area contributed by atoms with Gasteiger partial charge in [-0.1, -0.05) is 36.4 Å². The van der Waals surface area contributed by atoms with E-state index in [0.29, 0.717) is 37.1 Å². The zero-order valence-electron chi connectivity index (χ0n) is 19.6. The molecule has 1 atom stereocenters. The number of carbonyl (C=O) groups excluding carboxylic acids is 3. The van der Waals surface area contributed by atoms with E-state index in [0.717, 1.165) is 0 Å². The summed E-state index contributed by atoms with van der Waals surface area (Å²) in [5.74, 6) is -1.78. The highest BCUT2D eigenvalue weighted by Gasteiger charge is 2.33. The highest BCUT2D eigenvalue weighted by atomic mass is 16.6. The standard InChI is InChI=1S/C26H25N3O7/c1-17-9-10-20(21(16-17)29(33)34)27-24(30)23(18-6-3-2-4-7-18)36-26(32)19-11-13-28(14-12-19)25(31)22-8-5-15-35-22/h2-10,15-16,19,23H,11-14H2,1H3,(H,27,30). The van der Waals surface area contributed by atoms with Crippen LogP contribution >= 0.6 is 0 Å². The molecule has 36 heavy (non-hydrogen) atoms. The van der Waals surface area contributed by atoms with Crippen LogP contribution < -0.4 is 5.32 Å². The Hall–Kier alpha value is -4.47. The number of benzene rings is 2. The van der Waals surface area contributed by atoms with Crippen LogP contribution in [0.5, 0.6) is 0 Å². The van der Waals surface area contributed by atoms with E-state index in [1.54, 1.807) is 60.4 Å². The number of esters is 1. The summed E-state index contributed by atoms with van der Waals surface area (Å²) in [5, 5.41) is 14.0. The van der Waals surface area contributed by atoms with Gasteiger partial charge in [-0.05, 0) is 43.5 Å². The van der Waals surface area contributed by atoms with Crippen LogP contribution in [-0.2, 0) is 14.3 Å². The molecule has 10 nitrogen and oxygen atoms in total. The summed E-state index contributed by atoms with van der Waals surface area (Å²) in [6, 6.07) is 16.1. The first kappa shape index (κ1) is 24.6. The van der Waals surface area contributed by atoms with Gasteiger partial charge in [0.15, 0.2) is 5.76 Å². The Kier molecular flexibility index (Phi) is 7.43. The van der Waals surface area contributed by atoms with Crippen LogP contribution in [-0.4, -0.2) is 40.7 Å². The smallest absolute Gasteiger partial charge is 0.310 e. The lowest BCUT2D eigenvalue weighted by Crippen LogP contribution is -2.41. The number of hydrogen-bond acceptors (Lipinski definition) is 7. The number of aryl methyl sites for hydroxylation is 1. The van der Waals surface area contributed by atoms with Crippen molar-refractivity contribution in [3.8, 4) is 0 Å². The summed E-state index contributed by atoms with van der Waals surface area (Å²) in [7, 11) is 0. The molecule has 2 aromatic carbocycles. The second kappa shape index (κ2) is 10.9. The van der Waals surface area contributed by atoms with Crippen molar-refractivity contribution in [1.29, 1.82) is 0 Å². The van der Waals surface area contributed by atoms with Gasteiger partial charge in [0, 0.05) is 24.7 Å². The normalized spacial score (nSPS) is 14.6. The predicted molar refractivity (Wildman–Crippen MR) is 129 cm³/mol. The zero-order valence-corrected chi connectivity index (χ0v) is 19.6. The molecular formula is C26H25N3O7. The molecule has 1 aromatic heterocycles. The van der Waals surface area contributed by atoms with E-state index in [4.69, 9.17) is 9.15 Å². The highest BCUT2D eigenvalue weighted by molar-refractivity contribution is 5.98. The Morgan fingerprint density at radius 2 is 1.81 bits per heavy atom. The zero-order chi connectivity index (χ0) is 25.7. The monoisotopic (exact) mass is 491 g/mol. The van der Waals surface area contributed by atoms with Crippen molar-refractivity contribution in [2.75, 3.05) is 18.4 Å². The average Bonchev–Trinajstić information content (AvgIpc) is 3.43. The van der Waals surface area contributed by atoms with Gasteiger partial charge in [-0.15, -0.1) is 0 Å². The first-order chi connectivity index (χ1) is 17.3. The van der Waals surface area contributed by atoms with Gasteiger partial charge in [0.2, 0.25) is 6.10 Å². The van der Waals surface area contributed by atoms with Crippen LogP contribution in [0.15, 0.2) is 71.3 Å². The van der Waals surface area contributed by atoms with Gasteiger partial charge in [-0.25, -0.2) is 0 Å². The average molecular weight is 492 g/mol. The topological polar surface area (TPSA) is 132 Å². The maximum atomic E-state index is 13.2. The van der Waals surface area contributed by atoms with Crippen molar-refractivity contribution >= 4 is 29.2 Å². The molecule has 10 heteroatoms. The molecule has 1 N–H and O–H groups in total. The van der Waals surface area contributed by atoms with Gasteiger partial charge in [0.1, 0.15) is 5.69 Å². The number of rotatable bonds is 7. The second-order valence-electron chi connectivity index (χ2n) is 8.54. The first-order valence-corrected chi connectivity index (χ1v) is 11.5. The van der Waals surface area contributed by atoms with Gasteiger partial charge in [-0.3, -0.25) is 24.5 Å². The van der Waals surface area contributed by atoms with Crippen LogP contribution in [0, 0.1) is 23.0 Å². The first-order valence-electron chi connectivity index (χ1n) is 11.5. The van der Waals surface area contributed by atoms with Crippen LogP contribution in [0.2, 0.25) is 0 Å². The minimum Gasteiger partial charge on any atom is -0.459 e. The van der Waals surface area contributed by atoms with Gasteiger partial charge in [0.05, 0.1) is 17.1 Å². The molecule has 0 saturated carbocycles. The van der Waals surface area contributed by atoms with E-state index in [1.165, 1.54) is 18.4 Å². The Morgan fingerprint density at radius 3 is 2.44 bits per heavy atom. The molecule has 0 bridgehead atoms. The lowest BCUT2D eigenvalue weighted by molar-refractivity contribution is -0.384. The van der Waals surface area contributed by atoms with E-state index in [-0.39, 0.29) is 23.0 Å². The number of nitrogens with zero attached hydrogens (tertiary/aromatic N) is 2. The number of hydrogen-bond donors (Lipinski definition) is 1. The van der Waals surface area contributed by atoms with E-state index >= 15 is 0 Å². The molecule has 1 saturated heterocycles. The number of carbonyl (C=O) groups is 3.